The summed E-state index contributed by atoms with van der Waals surface area (Å²) >= 11 is 1.98. The molecular weight excluding hydrogens is 182 g/mol. The topological polar surface area (TPSA) is 20.3 Å². The number of fused-ring (bicyclic) bond motifs is 1. The molecule has 0 aromatic rings. The van der Waals surface area contributed by atoms with Crippen molar-refractivity contribution in [1.29, 1.82) is 0 Å². The third kappa shape index (κ3) is 1.06. The lowest BCUT2D eigenvalue weighted by molar-refractivity contribution is -0.135. The Bertz CT molecular complexity index is 254. The van der Waals surface area contributed by atoms with Gasteiger partial charge in [0.05, 0.1) is 5.41 Å². The van der Waals surface area contributed by atoms with Crippen molar-refractivity contribution in [2.45, 2.75) is 25.3 Å². The predicted molar refractivity (Wildman–Crippen MR) is 53.7 cm³/mol. The molecule has 1 amide bonds. The first-order chi connectivity index (χ1) is 6.24. The molecule has 72 valence electrons. The normalized spacial score (nSPS) is 45.6. The van der Waals surface area contributed by atoms with E-state index in [4.69, 9.17) is 0 Å². The van der Waals surface area contributed by atoms with Gasteiger partial charge in [-0.25, -0.2) is 0 Å². The van der Waals surface area contributed by atoms with Crippen LogP contribution in [0.25, 0.3) is 0 Å². The second-order valence-electron chi connectivity index (χ2n) is 4.69. The van der Waals surface area contributed by atoms with Gasteiger partial charge in [0.2, 0.25) is 5.91 Å². The van der Waals surface area contributed by atoms with Gasteiger partial charge < -0.3 is 4.90 Å². The summed E-state index contributed by atoms with van der Waals surface area (Å²) in [6, 6.07) is 0.536. The molecule has 0 spiro atoms. The minimum absolute atomic E-state index is 0.183. The van der Waals surface area contributed by atoms with E-state index in [1.807, 2.05) is 23.7 Å². The standard InChI is InChI=1S/C10H15NOS/c1-11(8-2-3-13-6-8)9(12)10-4-7(10)5-10/h7-8H,2-6H2,1H3. The Morgan fingerprint density at radius 1 is 1.54 bits per heavy atom. The number of thioether (sulfide) groups is 1. The summed E-state index contributed by atoms with van der Waals surface area (Å²) in [6.07, 6.45) is 3.58. The first kappa shape index (κ1) is 8.16. The highest BCUT2D eigenvalue weighted by Crippen LogP contribution is 2.76. The van der Waals surface area contributed by atoms with Crippen molar-refractivity contribution in [3.63, 3.8) is 0 Å². The maximum atomic E-state index is 12.0. The zero-order valence-corrected chi connectivity index (χ0v) is 8.77. The van der Waals surface area contributed by atoms with Crippen molar-refractivity contribution >= 4 is 17.7 Å². The molecule has 1 saturated heterocycles. The fraction of sp³-hybridized carbons (Fsp3) is 0.900. The molecule has 0 radical (unpaired) electrons. The average Bonchev–Trinajstić information content (AvgIpc) is 2.88. The van der Waals surface area contributed by atoms with Gasteiger partial charge in [0.15, 0.2) is 0 Å². The second kappa shape index (κ2) is 2.44. The van der Waals surface area contributed by atoms with Gasteiger partial charge in [0, 0.05) is 18.8 Å². The number of hydrogen-bond donors (Lipinski definition) is 0. The van der Waals surface area contributed by atoms with E-state index in [-0.39, 0.29) is 5.41 Å². The zero-order valence-electron chi connectivity index (χ0n) is 7.95. The van der Waals surface area contributed by atoms with E-state index >= 15 is 0 Å². The van der Waals surface area contributed by atoms with Crippen LogP contribution in [0.15, 0.2) is 0 Å². The van der Waals surface area contributed by atoms with Crippen molar-refractivity contribution in [3.8, 4) is 0 Å². The van der Waals surface area contributed by atoms with Crippen molar-refractivity contribution < 1.29 is 4.79 Å². The van der Waals surface area contributed by atoms with E-state index in [0.29, 0.717) is 11.9 Å². The maximum Gasteiger partial charge on any atom is 0.229 e. The molecule has 1 unspecified atom stereocenters. The molecule has 1 atom stereocenters. The lowest BCUT2D eigenvalue weighted by atomic mass is 10.1. The predicted octanol–water partition coefficient (Wildman–Crippen LogP) is 1.36. The molecule has 3 heteroatoms. The van der Waals surface area contributed by atoms with Crippen LogP contribution in [0.2, 0.25) is 0 Å². The number of hydrogen-bond acceptors (Lipinski definition) is 2. The van der Waals surface area contributed by atoms with Crippen LogP contribution in [0.5, 0.6) is 0 Å². The smallest absolute Gasteiger partial charge is 0.229 e. The number of nitrogens with zero attached hydrogens (tertiary/aromatic N) is 1. The Balaban J connectivity index is 1.66. The third-order valence-corrected chi connectivity index (χ3v) is 5.03. The SMILES string of the molecule is CN(C(=O)C12CC1C2)C1CCSC1. The van der Waals surface area contributed by atoms with Crippen LogP contribution in [0.1, 0.15) is 19.3 Å². The molecule has 2 aliphatic carbocycles. The fourth-order valence-corrected chi connectivity index (χ4v) is 3.66. The van der Waals surface area contributed by atoms with E-state index in [0.717, 1.165) is 11.7 Å². The van der Waals surface area contributed by atoms with E-state index in [2.05, 4.69) is 0 Å². The Hall–Kier alpha value is -0.180. The Labute approximate surface area is 83.1 Å². The lowest BCUT2D eigenvalue weighted by Gasteiger charge is -2.25. The van der Waals surface area contributed by atoms with E-state index in [9.17, 15) is 4.79 Å². The number of carbonyl (C=O) groups is 1. The maximum absolute atomic E-state index is 12.0. The Morgan fingerprint density at radius 2 is 2.23 bits per heavy atom. The number of amides is 1. The minimum atomic E-state index is 0.183. The molecule has 2 saturated carbocycles. The molecule has 13 heavy (non-hydrogen) atoms. The molecule has 1 heterocycles. The number of carbonyl (C=O) groups excluding carboxylic acids is 1. The van der Waals surface area contributed by atoms with Crippen LogP contribution in [0.3, 0.4) is 0 Å². The van der Waals surface area contributed by atoms with Crippen LogP contribution < -0.4 is 0 Å². The first-order valence-electron chi connectivity index (χ1n) is 5.09. The highest BCUT2D eigenvalue weighted by atomic mass is 32.2. The van der Waals surface area contributed by atoms with E-state index < -0.39 is 0 Å². The summed E-state index contributed by atoms with van der Waals surface area (Å²) in [4.78, 5) is 14.0. The molecule has 0 N–H and O–H groups in total. The zero-order chi connectivity index (χ0) is 9.05. The lowest BCUT2D eigenvalue weighted by Crippen LogP contribution is -2.39. The molecule has 2 nitrogen and oxygen atoms in total. The molecule has 0 aromatic heterocycles. The van der Waals surface area contributed by atoms with Gasteiger partial charge >= 0.3 is 0 Å². The quantitative estimate of drug-likeness (QED) is 0.666. The van der Waals surface area contributed by atoms with Gasteiger partial charge in [-0.2, -0.15) is 11.8 Å². The Morgan fingerprint density at radius 3 is 2.69 bits per heavy atom. The molecule has 0 bridgehead atoms. The molecule has 1 aliphatic heterocycles. The number of rotatable bonds is 2. The van der Waals surface area contributed by atoms with Crippen molar-refractivity contribution in [1.82, 2.24) is 4.90 Å². The van der Waals surface area contributed by atoms with E-state index in [1.165, 1.54) is 25.0 Å². The second-order valence-corrected chi connectivity index (χ2v) is 5.84. The monoisotopic (exact) mass is 197 g/mol. The highest BCUT2D eigenvalue weighted by Gasteiger charge is 2.75. The molecule has 0 aromatic carbocycles. The summed E-state index contributed by atoms with van der Waals surface area (Å²) in [5.74, 6) is 3.63. The largest absolute Gasteiger partial charge is 0.341 e. The van der Waals surface area contributed by atoms with Gasteiger partial charge in [-0.3, -0.25) is 4.79 Å². The van der Waals surface area contributed by atoms with Crippen LogP contribution in [-0.4, -0.2) is 35.4 Å². The van der Waals surface area contributed by atoms with Crippen LogP contribution in [0, 0.1) is 11.3 Å². The minimum Gasteiger partial charge on any atom is -0.341 e. The van der Waals surface area contributed by atoms with Gasteiger partial charge in [-0.15, -0.1) is 0 Å². The summed E-state index contributed by atoms with van der Waals surface area (Å²) in [5, 5.41) is 0. The fourth-order valence-electron chi connectivity index (χ4n) is 2.40. The summed E-state index contributed by atoms with van der Waals surface area (Å²) in [7, 11) is 2.00. The Kier molecular flexibility index (Phi) is 1.53. The summed E-state index contributed by atoms with van der Waals surface area (Å²) < 4.78 is 0. The van der Waals surface area contributed by atoms with Crippen molar-refractivity contribution in [3.05, 3.63) is 0 Å². The molecular formula is C10H15NOS. The summed E-state index contributed by atoms with van der Waals surface area (Å²) in [6.45, 7) is 0. The first-order valence-corrected chi connectivity index (χ1v) is 6.24. The van der Waals surface area contributed by atoms with Crippen LogP contribution in [-0.2, 0) is 4.79 Å². The molecule has 3 rings (SSSR count). The average molecular weight is 197 g/mol. The van der Waals surface area contributed by atoms with Crippen LogP contribution in [0.4, 0.5) is 0 Å². The summed E-state index contributed by atoms with van der Waals surface area (Å²) in [5.41, 5.74) is 0.183. The van der Waals surface area contributed by atoms with Crippen molar-refractivity contribution in [2.75, 3.05) is 18.6 Å². The van der Waals surface area contributed by atoms with E-state index in [1.54, 1.807) is 0 Å². The highest BCUT2D eigenvalue weighted by molar-refractivity contribution is 7.99. The van der Waals surface area contributed by atoms with Gasteiger partial charge in [-0.05, 0) is 30.9 Å². The van der Waals surface area contributed by atoms with Crippen LogP contribution >= 0.6 is 11.8 Å². The van der Waals surface area contributed by atoms with Gasteiger partial charge in [0.1, 0.15) is 0 Å². The molecule has 3 fully saturated rings. The van der Waals surface area contributed by atoms with Crippen molar-refractivity contribution in [2.24, 2.45) is 11.3 Å². The van der Waals surface area contributed by atoms with Gasteiger partial charge in [-0.1, -0.05) is 0 Å². The van der Waals surface area contributed by atoms with Gasteiger partial charge in [0.25, 0.3) is 0 Å². The third-order valence-electron chi connectivity index (χ3n) is 3.88. The molecule has 3 aliphatic rings.